The number of rotatable bonds is 9. The van der Waals surface area contributed by atoms with Gasteiger partial charge >= 0.3 is 0 Å². The third kappa shape index (κ3) is 7.01. The number of nitrogens with zero attached hydrogens (tertiary/aromatic N) is 3. The molecule has 3 amide bonds. The second-order valence-corrected chi connectivity index (χ2v) is 18.1. The second-order valence-electron chi connectivity index (χ2n) is 17.7. The Labute approximate surface area is 338 Å². The summed E-state index contributed by atoms with van der Waals surface area (Å²) >= 11 is 6.25. The summed E-state index contributed by atoms with van der Waals surface area (Å²) in [6.07, 6.45) is 2.38. The zero-order valence-electron chi connectivity index (χ0n) is 32.8. The summed E-state index contributed by atoms with van der Waals surface area (Å²) < 4.78 is 6.38. The maximum absolute atomic E-state index is 13.5. The lowest BCUT2D eigenvalue weighted by atomic mass is 9.49. The van der Waals surface area contributed by atoms with Crippen LogP contribution in [0.3, 0.4) is 0 Å². The van der Waals surface area contributed by atoms with Crippen LogP contribution in [0, 0.1) is 39.9 Å². The number of halogens is 1. The molecule has 2 N–H and O–H groups in total. The number of ether oxygens (including phenoxy) is 1. The minimum Gasteiger partial charge on any atom is -0.489 e. The molecule has 11 nitrogen and oxygen atoms in total. The van der Waals surface area contributed by atoms with Gasteiger partial charge in [-0.15, -0.1) is 0 Å². The molecule has 2 heterocycles. The van der Waals surface area contributed by atoms with E-state index in [1.807, 2.05) is 18.2 Å². The Hall–Kier alpha value is -5.05. The van der Waals surface area contributed by atoms with Gasteiger partial charge in [0.15, 0.2) is 11.6 Å². The van der Waals surface area contributed by atoms with E-state index in [1.165, 1.54) is 5.56 Å². The summed E-state index contributed by atoms with van der Waals surface area (Å²) in [5.74, 6) is -1.84. The number of amides is 3. The number of ketones is 2. The number of benzene rings is 3. The number of anilines is 1. The standard InChI is InChI=1S/C45H48ClN5O6/c1-44(2)42(45(3,4)43(44)57-31-11-9-28(23-47)35(46)22-31)49-40(55)27-7-5-26(6-8-27)29-19-25(20-29)24-50-15-17-51(18-16-50)30-10-12-32-34(21-30)39(54)37(38(32)53)33-13-14-36(52)48-41(33)56/h5-12,21-22,25,29,33,37,42-43H,13-20,24H2,1-4H3,(H,49,55)(H,48,52,56). The monoisotopic (exact) mass is 789 g/mol. The van der Waals surface area contributed by atoms with Gasteiger partial charge in [0.2, 0.25) is 11.8 Å². The van der Waals surface area contributed by atoms with Gasteiger partial charge in [-0.2, -0.15) is 5.26 Å². The van der Waals surface area contributed by atoms with Gasteiger partial charge in [-0.25, -0.2) is 0 Å². The van der Waals surface area contributed by atoms with Crippen molar-refractivity contribution in [1.29, 1.82) is 5.26 Å². The number of nitriles is 1. The summed E-state index contributed by atoms with van der Waals surface area (Å²) in [4.78, 5) is 68.9. The second kappa shape index (κ2) is 14.7. The molecule has 2 saturated carbocycles. The Morgan fingerprint density at radius 3 is 2.25 bits per heavy atom. The summed E-state index contributed by atoms with van der Waals surface area (Å²) in [5.41, 5.74) is 3.25. The molecule has 3 aliphatic carbocycles. The lowest BCUT2D eigenvalue weighted by molar-refractivity contribution is -0.164. The van der Waals surface area contributed by atoms with E-state index in [-0.39, 0.29) is 59.2 Å². The van der Waals surface area contributed by atoms with E-state index >= 15 is 0 Å². The highest BCUT2D eigenvalue weighted by Gasteiger charge is 2.64. The largest absolute Gasteiger partial charge is 0.489 e. The molecule has 0 spiro atoms. The molecule has 2 aliphatic heterocycles. The minimum absolute atomic E-state index is 0.102. The topological polar surface area (TPSA) is 149 Å². The van der Waals surface area contributed by atoms with E-state index in [1.54, 1.807) is 30.3 Å². The quantitative estimate of drug-likeness (QED) is 0.191. The highest BCUT2D eigenvalue weighted by molar-refractivity contribution is 6.32. The van der Waals surface area contributed by atoms with E-state index < -0.39 is 17.7 Å². The number of hydrogen-bond donors (Lipinski definition) is 2. The number of imide groups is 1. The average molecular weight is 790 g/mol. The Kier molecular flexibility index (Phi) is 10.0. The van der Waals surface area contributed by atoms with Gasteiger partial charge in [-0.1, -0.05) is 51.4 Å². The zero-order valence-corrected chi connectivity index (χ0v) is 33.5. The van der Waals surface area contributed by atoms with Gasteiger partial charge in [0.25, 0.3) is 5.91 Å². The number of piperazine rings is 1. The minimum atomic E-state index is -1.06. The van der Waals surface area contributed by atoms with Crippen LogP contribution in [0.2, 0.25) is 5.02 Å². The summed E-state index contributed by atoms with van der Waals surface area (Å²) in [5, 5.41) is 15.1. The molecule has 3 aromatic carbocycles. The molecule has 5 aliphatic rings. The van der Waals surface area contributed by atoms with Crippen LogP contribution in [-0.2, 0) is 9.59 Å². The van der Waals surface area contributed by atoms with Crippen molar-refractivity contribution in [3.05, 3.63) is 93.5 Å². The molecule has 3 aromatic rings. The van der Waals surface area contributed by atoms with Crippen molar-refractivity contribution < 1.29 is 28.7 Å². The molecule has 2 unspecified atom stereocenters. The number of piperidine rings is 1. The predicted molar refractivity (Wildman–Crippen MR) is 214 cm³/mol. The van der Waals surface area contributed by atoms with E-state index in [0.29, 0.717) is 44.9 Å². The molecular formula is C45H48ClN5O6. The third-order valence-electron chi connectivity index (χ3n) is 13.3. The van der Waals surface area contributed by atoms with Crippen LogP contribution in [0.5, 0.6) is 5.75 Å². The number of carbonyl (C=O) groups excluding carboxylic acids is 5. The van der Waals surface area contributed by atoms with Crippen LogP contribution in [0.4, 0.5) is 5.69 Å². The van der Waals surface area contributed by atoms with Gasteiger partial charge in [-0.05, 0) is 79.1 Å². The van der Waals surface area contributed by atoms with Crippen molar-refractivity contribution in [2.45, 2.75) is 71.4 Å². The van der Waals surface area contributed by atoms with Crippen LogP contribution in [0.15, 0.2) is 60.7 Å². The molecule has 2 saturated heterocycles. The number of nitrogens with one attached hydrogen (secondary N) is 2. The number of fused-ring (bicyclic) bond motifs is 1. The van der Waals surface area contributed by atoms with Crippen LogP contribution in [0.1, 0.15) is 101 Å². The van der Waals surface area contributed by atoms with Gasteiger partial charge in [0.05, 0.1) is 22.4 Å². The number of carbonyl (C=O) groups is 5. The van der Waals surface area contributed by atoms with E-state index in [0.717, 1.165) is 51.3 Å². The van der Waals surface area contributed by atoms with Crippen molar-refractivity contribution in [3.8, 4) is 11.8 Å². The van der Waals surface area contributed by atoms with Crippen molar-refractivity contribution in [2.75, 3.05) is 37.6 Å². The maximum Gasteiger partial charge on any atom is 0.251 e. The van der Waals surface area contributed by atoms with Crippen molar-refractivity contribution >= 4 is 46.6 Å². The van der Waals surface area contributed by atoms with Crippen LogP contribution in [-0.4, -0.2) is 79.1 Å². The van der Waals surface area contributed by atoms with Gasteiger partial charge in [0.1, 0.15) is 17.9 Å². The lowest BCUT2D eigenvalue weighted by Crippen LogP contribution is -2.74. The zero-order chi connectivity index (χ0) is 40.4. The highest BCUT2D eigenvalue weighted by atomic mass is 35.5. The van der Waals surface area contributed by atoms with Crippen molar-refractivity contribution in [1.82, 2.24) is 15.5 Å². The smallest absolute Gasteiger partial charge is 0.251 e. The molecule has 0 aromatic heterocycles. The fraction of sp³-hybridized carbons (Fsp3) is 0.467. The Morgan fingerprint density at radius 2 is 1.60 bits per heavy atom. The summed E-state index contributed by atoms with van der Waals surface area (Å²) in [6, 6.07) is 20.5. The molecule has 8 rings (SSSR count). The fourth-order valence-corrected chi connectivity index (χ4v) is 10.6. The molecule has 0 radical (unpaired) electrons. The Balaban J connectivity index is 0.793. The Morgan fingerprint density at radius 1 is 0.912 bits per heavy atom. The molecule has 0 bridgehead atoms. The molecule has 296 valence electrons. The van der Waals surface area contributed by atoms with E-state index in [4.69, 9.17) is 16.3 Å². The third-order valence-corrected chi connectivity index (χ3v) is 13.7. The van der Waals surface area contributed by atoms with Crippen LogP contribution >= 0.6 is 11.6 Å². The Bertz CT molecular complexity index is 2180. The molecule has 57 heavy (non-hydrogen) atoms. The normalized spacial score (nSPS) is 27.8. The SMILES string of the molecule is CC1(C)C(NC(=O)c2ccc(C3CC(CN4CCN(c5ccc6c(c5)C(=O)C(C5CCC(=O)NC5=O)C6=O)CC4)C3)cc2)C(C)(C)C1Oc1ccc(C#N)c(Cl)c1. The van der Waals surface area contributed by atoms with Gasteiger partial charge < -0.3 is 15.0 Å². The molecule has 12 heteroatoms. The van der Waals surface area contributed by atoms with Crippen molar-refractivity contribution in [2.24, 2.45) is 28.6 Å². The fourth-order valence-electron chi connectivity index (χ4n) is 10.4. The van der Waals surface area contributed by atoms with Gasteiger partial charge in [-0.3, -0.25) is 34.2 Å². The molecular weight excluding hydrogens is 742 g/mol. The average Bonchev–Trinajstić information content (AvgIpc) is 3.42. The first-order chi connectivity index (χ1) is 27.1. The van der Waals surface area contributed by atoms with Crippen LogP contribution in [0.25, 0.3) is 0 Å². The number of hydrogen-bond acceptors (Lipinski definition) is 9. The first-order valence-electron chi connectivity index (χ1n) is 20.0. The van der Waals surface area contributed by atoms with E-state index in [9.17, 15) is 29.2 Å². The molecule has 2 atom stereocenters. The van der Waals surface area contributed by atoms with Crippen LogP contribution < -0.4 is 20.3 Å². The summed E-state index contributed by atoms with van der Waals surface area (Å²) in [7, 11) is 0. The first-order valence-corrected chi connectivity index (χ1v) is 20.3. The summed E-state index contributed by atoms with van der Waals surface area (Å²) in [6.45, 7) is 12.8. The van der Waals surface area contributed by atoms with E-state index in [2.05, 4.69) is 66.3 Å². The first kappa shape index (κ1) is 38.8. The number of Topliss-reactive ketones (excluding diaryl/α,β-unsaturated/α-hetero) is 2. The molecule has 4 fully saturated rings. The van der Waals surface area contributed by atoms with Gasteiger partial charge in [0, 0.05) is 84.5 Å². The van der Waals surface area contributed by atoms with Crippen molar-refractivity contribution in [3.63, 3.8) is 0 Å². The maximum atomic E-state index is 13.5. The highest BCUT2D eigenvalue weighted by Crippen LogP contribution is 2.55. The lowest BCUT2D eigenvalue weighted by Gasteiger charge is -2.63. The predicted octanol–water partition coefficient (Wildman–Crippen LogP) is 6.19.